The van der Waals surface area contributed by atoms with Crippen LogP contribution in [0.25, 0.3) is 0 Å². The van der Waals surface area contributed by atoms with Crippen molar-refractivity contribution in [3.63, 3.8) is 0 Å². The van der Waals surface area contributed by atoms with Crippen LogP contribution in [0, 0.1) is 101 Å². The summed E-state index contributed by atoms with van der Waals surface area (Å²) in [5, 5.41) is 50.4. The molecule has 14 rings (SSSR count). The van der Waals surface area contributed by atoms with E-state index >= 15 is 0 Å². The Kier molecular flexibility index (Phi) is 20.9. The summed E-state index contributed by atoms with van der Waals surface area (Å²) in [6.07, 6.45) is 15.3. The summed E-state index contributed by atoms with van der Waals surface area (Å²) in [5.74, 6) is 2.37. The maximum Gasteiger partial charge on any atom is 0.519 e. The molecular formula is C83H137NO19. The molecule has 20 heteroatoms. The average molecular weight is 1450 g/mol. The first-order valence-corrected chi connectivity index (χ1v) is 40.4. The Labute approximate surface area is 616 Å². The van der Waals surface area contributed by atoms with Crippen molar-refractivity contribution in [3.05, 3.63) is 0 Å². The molecule has 0 aromatic heterocycles. The molecule has 0 bridgehead atoms. The molecule has 5 N–H and O–H groups in total. The number of hydrogen-bond acceptors (Lipinski definition) is 20. The smallest absolute Gasteiger partial charge is 0.457 e. The van der Waals surface area contributed by atoms with E-state index in [1.54, 1.807) is 69.2 Å². The van der Waals surface area contributed by atoms with Crippen molar-refractivity contribution in [2.24, 2.45) is 101 Å². The van der Waals surface area contributed by atoms with E-state index in [9.17, 15) is 39.6 Å². The van der Waals surface area contributed by atoms with Crippen molar-refractivity contribution in [2.75, 3.05) is 26.3 Å². The van der Waals surface area contributed by atoms with Crippen LogP contribution in [-0.2, 0) is 61.7 Å². The molecule has 4 unspecified atom stereocenters. The zero-order valence-electron chi connectivity index (χ0n) is 67.2. The van der Waals surface area contributed by atoms with E-state index in [4.69, 9.17) is 47.4 Å². The monoisotopic (exact) mass is 1450 g/mol. The van der Waals surface area contributed by atoms with E-state index in [-0.39, 0.29) is 104 Å². The predicted molar refractivity (Wildman–Crippen MR) is 385 cm³/mol. The van der Waals surface area contributed by atoms with Crippen LogP contribution in [0.15, 0.2) is 0 Å². The lowest BCUT2D eigenvalue weighted by atomic mass is 9.41. The molecule has 0 amide bonds. The number of carbonyl (C=O) groups excluding carboxylic acids is 4. The van der Waals surface area contributed by atoms with Crippen LogP contribution in [0.3, 0.4) is 0 Å². The van der Waals surface area contributed by atoms with Gasteiger partial charge < -0.3 is 77.8 Å². The fraction of sp³-hybridized carbons (Fsp3) is 0.952. The van der Waals surface area contributed by atoms with E-state index in [1.807, 2.05) is 0 Å². The van der Waals surface area contributed by atoms with Crippen LogP contribution in [0.4, 0.5) is 9.59 Å². The molecule has 14 aliphatic rings. The molecule has 28 atom stereocenters. The van der Waals surface area contributed by atoms with Crippen LogP contribution in [0.2, 0.25) is 0 Å². The standard InChI is InChI=1S/C37H60O7.C36H59NO7.C10H18O5/c1-21-19-23(31(33(5,6)40)42-22(2)38)43-29-28(21)34(7)16-17-37-20-36(37)15-14-26(44-27-11-9-10-18-41-27)32(3,4)24(36)12-13-25(37)35(34,8)30(29)39;1-20-17-22(30(32(5,6)40)42-21(2)38)43-28-27(20)33(7)13-14-36-19-35(36)12-11-25(44-26-18-37-15-16-41-26)31(3,4)23(35)9-10-24(36)34(33,8)29(28)39;1-9(2,3)14-7(11)13-8(12)15-10(4,5)6/h21,23-31,39-40H,9-20H2,1-8H3;20,22-30,37,39-40H,9-19H2,1-8H3;1-6H3/t21-,23-,24+,25+,26?,27+,28+,29+,30+,31+,34-,35-,36?,37+;20-,22-,23+,24+,25?,26+,27+,28+,29+,30+,33-,34-,35?,36+;/m11./s1. The topological polar surface area (TPSA) is 263 Å². The van der Waals surface area contributed by atoms with Crippen LogP contribution < -0.4 is 5.32 Å². The minimum Gasteiger partial charge on any atom is -0.457 e. The van der Waals surface area contributed by atoms with Gasteiger partial charge in [0.25, 0.3) is 0 Å². The van der Waals surface area contributed by atoms with Crippen molar-refractivity contribution in [1.29, 1.82) is 0 Å². The summed E-state index contributed by atoms with van der Waals surface area (Å²) in [4.78, 5) is 46.1. The first kappa shape index (κ1) is 79.8. The van der Waals surface area contributed by atoms with Crippen molar-refractivity contribution in [2.45, 2.75) is 370 Å². The first-order valence-electron chi connectivity index (χ1n) is 40.4. The molecule has 0 aromatic rings. The van der Waals surface area contributed by atoms with Gasteiger partial charge in [-0.05, 0) is 282 Å². The van der Waals surface area contributed by atoms with Gasteiger partial charge in [0.2, 0.25) is 0 Å². The summed E-state index contributed by atoms with van der Waals surface area (Å²) in [6.45, 7) is 46.9. The minimum atomic E-state index is -1.25. The molecule has 4 spiro atoms. The van der Waals surface area contributed by atoms with E-state index in [0.717, 1.165) is 71.1 Å². The summed E-state index contributed by atoms with van der Waals surface area (Å²) >= 11 is 0. The zero-order chi connectivity index (χ0) is 75.6. The number of aliphatic hydroxyl groups excluding tert-OH is 2. The molecule has 20 nitrogen and oxygen atoms in total. The Morgan fingerprint density at radius 1 is 0.495 bits per heavy atom. The number of aliphatic hydroxyl groups is 4. The lowest BCUT2D eigenvalue weighted by Crippen LogP contribution is -2.60. The molecule has 4 saturated heterocycles. The van der Waals surface area contributed by atoms with Gasteiger partial charge in [0, 0.05) is 44.4 Å². The van der Waals surface area contributed by atoms with Gasteiger partial charge in [-0.2, -0.15) is 0 Å². The summed E-state index contributed by atoms with van der Waals surface area (Å²) in [5.41, 5.74) is -3.04. The highest BCUT2D eigenvalue weighted by atomic mass is 16.8. The summed E-state index contributed by atoms with van der Waals surface area (Å²) < 4.78 is 64.3. The highest BCUT2D eigenvalue weighted by Crippen LogP contribution is 2.91. The molecule has 4 aliphatic heterocycles. The van der Waals surface area contributed by atoms with E-state index in [2.05, 4.69) is 79.3 Å². The van der Waals surface area contributed by atoms with Gasteiger partial charge in [0.1, 0.15) is 11.2 Å². The Bertz CT molecular complexity index is 2910. The van der Waals surface area contributed by atoms with Crippen LogP contribution in [-0.4, -0.2) is 167 Å². The molecule has 4 heterocycles. The summed E-state index contributed by atoms with van der Waals surface area (Å²) in [7, 11) is 0. The third-order valence-corrected chi connectivity index (χ3v) is 31.8. The quantitative estimate of drug-likeness (QED) is 0.0589. The van der Waals surface area contributed by atoms with Crippen LogP contribution in [0.5, 0.6) is 0 Å². The van der Waals surface area contributed by atoms with Crippen molar-refractivity contribution >= 4 is 24.2 Å². The fourth-order valence-corrected chi connectivity index (χ4v) is 27.6. The van der Waals surface area contributed by atoms with Crippen LogP contribution in [0.1, 0.15) is 274 Å². The largest absolute Gasteiger partial charge is 0.519 e. The van der Waals surface area contributed by atoms with Gasteiger partial charge in [-0.1, -0.05) is 69.2 Å². The predicted octanol–water partition coefficient (Wildman–Crippen LogP) is 14.1. The molecular weight excluding hydrogens is 1310 g/mol. The fourth-order valence-electron chi connectivity index (χ4n) is 27.6. The number of fused-ring (bicyclic) bond motifs is 8. The van der Waals surface area contributed by atoms with Crippen molar-refractivity contribution < 1.29 is 91.7 Å². The summed E-state index contributed by atoms with van der Waals surface area (Å²) in [6, 6.07) is 0. The average Bonchev–Trinajstić information content (AvgIpc) is 1.46. The second kappa shape index (κ2) is 27.0. The maximum absolute atomic E-state index is 12.5. The van der Waals surface area contributed by atoms with Gasteiger partial charge in [0.15, 0.2) is 24.8 Å². The van der Waals surface area contributed by atoms with Gasteiger partial charge in [-0.15, -0.1) is 0 Å². The Hall–Kier alpha value is -2.76. The minimum absolute atomic E-state index is 0.0339. The van der Waals surface area contributed by atoms with Gasteiger partial charge in [-0.3, -0.25) is 9.59 Å². The number of esters is 2. The molecule has 0 radical (unpaired) electrons. The Morgan fingerprint density at radius 3 is 1.24 bits per heavy atom. The molecule has 14 fully saturated rings. The third-order valence-electron chi connectivity index (χ3n) is 31.8. The number of hydrogen-bond donors (Lipinski definition) is 5. The number of ether oxygens (including phenoxy) is 11. The SMILES string of the molecule is CC(=O)O[C@@H]([C@H]1C[C@@H](C)[C@H]2[C@H](O1)[C@H](O)[C@@]1(C)[C@@H]3CC[C@H]4C(C)(C)C(O[C@H]5CCCCO5)CCC45C[C@@]35CC[C@]21C)C(C)(C)O.CC(=O)O[C@@H]([C@H]1C[C@@H](C)[C@H]2[C@H](O1)[C@H](O)[C@@]1(C)[C@@H]3CC[C@H]4C(C)(C)C(O[C@H]5CNCCO5)CCC45C[C@@]35CC[C@]21C)C(C)(C)O.CC(C)(C)OC(=O)OC(=O)OC(C)(C)C. The molecule has 0 aromatic carbocycles. The maximum atomic E-state index is 12.5. The Morgan fingerprint density at radius 2 is 0.883 bits per heavy atom. The highest BCUT2D eigenvalue weighted by molar-refractivity contribution is 5.77. The van der Waals surface area contributed by atoms with Crippen LogP contribution >= 0.6 is 0 Å². The zero-order valence-corrected chi connectivity index (χ0v) is 67.2. The van der Waals surface area contributed by atoms with Gasteiger partial charge in [0.05, 0.1) is 66.6 Å². The highest BCUT2D eigenvalue weighted by Gasteiger charge is 2.87. The third kappa shape index (κ3) is 13.1. The Balaban J connectivity index is 0.000000163. The van der Waals surface area contributed by atoms with Gasteiger partial charge >= 0.3 is 24.2 Å². The molecule has 103 heavy (non-hydrogen) atoms. The van der Waals surface area contributed by atoms with E-state index < -0.39 is 83.3 Å². The second-order valence-corrected chi connectivity index (χ2v) is 41.1. The molecule has 10 saturated carbocycles. The molecule has 588 valence electrons. The number of morpholine rings is 1. The molecule has 10 aliphatic carbocycles. The second-order valence-electron chi connectivity index (χ2n) is 41.1. The number of rotatable bonds is 10. The van der Waals surface area contributed by atoms with Gasteiger partial charge in [-0.25, -0.2) is 9.59 Å². The lowest BCUT2D eigenvalue weighted by molar-refractivity contribution is -0.242. The van der Waals surface area contributed by atoms with E-state index in [0.29, 0.717) is 54.0 Å². The number of nitrogens with one attached hydrogen (secondary N) is 1. The van der Waals surface area contributed by atoms with Crippen molar-refractivity contribution in [1.82, 2.24) is 5.32 Å². The first-order chi connectivity index (χ1) is 47.5. The van der Waals surface area contributed by atoms with Crippen molar-refractivity contribution in [3.8, 4) is 0 Å². The van der Waals surface area contributed by atoms with E-state index in [1.165, 1.54) is 71.6 Å². The normalized spacial score (nSPS) is 47.2. The lowest BCUT2D eigenvalue weighted by Gasteiger charge is -2.64. The number of carbonyl (C=O) groups is 4.